The molecular formula is C25H24F4N4O5S. The van der Waals surface area contributed by atoms with Crippen molar-refractivity contribution in [2.24, 2.45) is 0 Å². The standard InChI is InChI=1S/C25H24F4N4O5S/c1-24(2)14-33(23(34)31-13-15-4-7-17(8-5-15)39(35,36)30-3)19-10-11-21(32-22(19)24)37-16-6-9-18(26)20(12-16)38-25(27,28)29/h4-12,30H,13-14H2,1-3H3,(H,31,34). The number of anilines is 1. The molecule has 0 atom stereocenters. The van der Waals surface area contributed by atoms with Crippen molar-refractivity contribution in [1.82, 2.24) is 15.0 Å². The molecule has 2 amide bonds. The van der Waals surface area contributed by atoms with Crippen LogP contribution in [0.2, 0.25) is 0 Å². The van der Waals surface area contributed by atoms with E-state index in [1.807, 2.05) is 13.8 Å². The molecule has 9 nitrogen and oxygen atoms in total. The average Bonchev–Trinajstić information content (AvgIpc) is 3.14. The fraction of sp³-hybridized carbons (Fsp3) is 0.280. The summed E-state index contributed by atoms with van der Waals surface area (Å²) in [5.74, 6) is -2.33. The number of nitrogens with zero attached hydrogens (tertiary/aromatic N) is 2. The van der Waals surface area contributed by atoms with Gasteiger partial charge in [0.05, 0.1) is 16.3 Å². The second kappa shape index (κ2) is 10.3. The maximum absolute atomic E-state index is 13.7. The van der Waals surface area contributed by atoms with Crippen LogP contribution in [-0.4, -0.2) is 39.4 Å². The van der Waals surface area contributed by atoms with E-state index in [4.69, 9.17) is 4.74 Å². The minimum Gasteiger partial charge on any atom is -0.439 e. The highest BCUT2D eigenvalue weighted by Gasteiger charge is 2.40. The van der Waals surface area contributed by atoms with Crippen LogP contribution in [0, 0.1) is 5.82 Å². The Hall–Kier alpha value is -3.91. The zero-order chi connectivity index (χ0) is 28.6. The van der Waals surface area contributed by atoms with E-state index in [1.54, 1.807) is 18.2 Å². The van der Waals surface area contributed by atoms with Crippen LogP contribution in [0.25, 0.3) is 0 Å². The first kappa shape index (κ1) is 28.1. The molecule has 14 heteroatoms. The molecule has 2 aromatic carbocycles. The largest absolute Gasteiger partial charge is 0.573 e. The number of halogens is 4. The quantitative estimate of drug-likeness (QED) is 0.396. The Morgan fingerprint density at radius 1 is 1.10 bits per heavy atom. The van der Waals surface area contributed by atoms with Gasteiger partial charge in [0, 0.05) is 30.6 Å². The van der Waals surface area contributed by atoms with E-state index >= 15 is 0 Å². The Bertz CT molecular complexity index is 1500. The van der Waals surface area contributed by atoms with Crippen LogP contribution in [0.3, 0.4) is 0 Å². The smallest absolute Gasteiger partial charge is 0.439 e. The van der Waals surface area contributed by atoms with E-state index in [0.29, 0.717) is 16.9 Å². The zero-order valence-electron chi connectivity index (χ0n) is 21.0. The third kappa shape index (κ3) is 6.40. The van der Waals surface area contributed by atoms with Gasteiger partial charge in [-0.3, -0.25) is 4.90 Å². The lowest BCUT2D eigenvalue weighted by molar-refractivity contribution is -0.275. The molecule has 0 bridgehead atoms. The van der Waals surface area contributed by atoms with Gasteiger partial charge in [0.1, 0.15) is 5.75 Å². The molecule has 0 spiro atoms. The third-order valence-electron chi connectivity index (χ3n) is 5.88. The lowest BCUT2D eigenvalue weighted by Gasteiger charge is -2.20. The van der Waals surface area contributed by atoms with Crippen molar-refractivity contribution in [3.05, 3.63) is 71.7 Å². The highest BCUT2D eigenvalue weighted by Crippen LogP contribution is 2.41. The Morgan fingerprint density at radius 3 is 2.44 bits per heavy atom. The maximum Gasteiger partial charge on any atom is 0.573 e. The van der Waals surface area contributed by atoms with Crippen molar-refractivity contribution in [2.75, 3.05) is 18.5 Å². The van der Waals surface area contributed by atoms with Crippen molar-refractivity contribution in [2.45, 2.75) is 37.1 Å². The minimum atomic E-state index is -5.07. The Labute approximate surface area is 221 Å². The Morgan fingerprint density at radius 2 is 1.79 bits per heavy atom. The fourth-order valence-corrected chi connectivity index (χ4v) is 4.72. The number of fused-ring (bicyclic) bond motifs is 1. The summed E-state index contributed by atoms with van der Waals surface area (Å²) in [6.07, 6.45) is -5.07. The van der Waals surface area contributed by atoms with Gasteiger partial charge in [0.15, 0.2) is 11.6 Å². The number of hydrogen-bond acceptors (Lipinski definition) is 6. The van der Waals surface area contributed by atoms with E-state index in [9.17, 15) is 30.8 Å². The van der Waals surface area contributed by atoms with Gasteiger partial charge in [-0.05, 0) is 42.9 Å². The van der Waals surface area contributed by atoms with Gasteiger partial charge in [-0.1, -0.05) is 26.0 Å². The average molecular weight is 569 g/mol. The number of amides is 2. The van der Waals surface area contributed by atoms with Gasteiger partial charge < -0.3 is 14.8 Å². The first-order valence-corrected chi connectivity index (χ1v) is 13.0. The number of ether oxygens (including phenoxy) is 2. The lowest BCUT2D eigenvalue weighted by atomic mass is 9.91. The van der Waals surface area contributed by atoms with Gasteiger partial charge in [0.25, 0.3) is 0 Å². The molecule has 0 fully saturated rings. The number of rotatable bonds is 7. The molecule has 2 heterocycles. The maximum atomic E-state index is 13.7. The van der Waals surface area contributed by atoms with E-state index in [1.165, 1.54) is 30.1 Å². The molecule has 1 aliphatic heterocycles. The molecule has 0 radical (unpaired) electrons. The number of carbonyl (C=O) groups excluding carboxylic acids is 1. The molecule has 2 N–H and O–H groups in total. The molecule has 39 heavy (non-hydrogen) atoms. The predicted molar refractivity (Wildman–Crippen MR) is 133 cm³/mol. The van der Waals surface area contributed by atoms with E-state index in [0.717, 1.165) is 18.2 Å². The summed E-state index contributed by atoms with van der Waals surface area (Å²) in [7, 11) is -2.26. The molecule has 1 aliphatic rings. The molecule has 208 valence electrons. The van der Waals surface area contributed by atoms with Gasteiger partial charge in [-0.15, -0.1) is 13.2 Å². The summed E-state index contributed by atoms with van der Waals surface area (Å²) in [6, 6.07) is 11.4. The van der Waals surface area contributed by atoms with Crippen molar-refractivity contribution >= 4 is 21.7 Å². The molecular weight excluding hydrogens is 544 g/mol. The van der Waals surface area contributed by atoms with Crippen molar-refractivity contribution in [1.29, 1.82) is 0 Å². The second-order valence-electron chi connectivity index (χ2n) is 9.24. The van der Waals surface area contributed by atoms with Gasteiger partial charge in [0.2, 0.25) is 15.9 Å². The predicted octanol–water partition coefficient (Wildman–Crippen LogP) is 4.83. The summed E-state index contributed by atoms with van der Waals surface area (Å²) < 4.78 is 86.5. The first-order valence-electron chi connectivity index (χ1n) is 11.5. The number of sulfonamides is 1. The van der Waals surface area contributed by atoms with Crippen LogP contribution >= 0.6 is 0 Å². The van der Waals surface area contributed by atoms with Crippen molar-refractivity contribution in [3.63, 3.8) is 0 Å². The van der Waals surface area contributed by atoms with E-state index in [-0.39, 0.29) is 29.6 Å². The number of urea groups is 1. The van der Waals surface area contributed by atoms with Crippen molar-refractivity contribution in [3.8, 4) is 17.4 Å². The Kier molecular flexibility index (Phi) is 7.45. The normalized spacial score (nSPS) is 14.6. The molecule has 0 unspecified atom stereocenters. The summed E-state index contributed by atoms with van der Waals surface area (Å²) in [5, 5.41) is 2.80. The van der Waals surface area contributed by atoms with E-state index in [2.05, 4.69) is 19.8 Å². The number of nitrogens with one attached hydrogen (secondary N) is 2. The van der Waals surface area contributed by atoms with Crippen LogP contribution in [0.5, 0.6) is 17.4 Å². The summed E-state index contributed by atoms with van der Waals surface area (Å²) >= 11 is 0. The van der Waals surface area contributed by atoms with Crippen LogP contribution < -0.4 is 24.4 Å². The highest BCUT2D eigenvalue weighted by atomic mass is 32.2. The number of carbonyl (C=O) groups is 1. The minimum absolute atomic E-state index is 0.0326. The van der Waals surface area contributed by atoms with Crippen LogP contribution in [0.4, 0.5) is 28.0 Å². The second-order valence-corrected chi connectivity index (χ2v) is 11.1. The number of aromatic nitrogens is 1. The van der Waals surface area contributed by atoms with Crippen LogP contribution in [0.15, 0.2) is 59.5 Å². The number of hydrogen-bond donors (Lipinski definition) is 2. The van der Waals surface area contributed by atoms with Crippen LogP contribution in [-0.2, 0) is 22.0 Å². The SMILES string of the molecule is CNS(=O)(=O)c1ccc(CNC(=O)N2CC(C)(C)c3nc(Oc4ccc(F)c(OC(F)(F)F)c4)ccc32)cc1. The van der Waals surface area contributed by atoms with E-state index < -0.39 is 39.4 Å². The fourth-order valence-electron chi connectivity index (χ4n) is 3.99. The molecule has 3 aromatic rings. The zero-order valence-corrected chi connectivity index (χ0v) is 21.8. The monoisotopic (exact) mass is 568 g/mol. The highest BCUT2D eigenvalue weighted by molar-refractivity contribution is 7.89. The number of pyridine rings is 1. The molecule has 0 aliphatic carbocycles. The van der Waals surface area contributed by atoms with Gasteiger partial charge in [-0.2, -0.15) is 0 Å². The van der Waals surface area contributed by atoms with Gasteiger partial charge in [-0.25, -0.2) is 27.3 Å². The summed E-state index contributed by atoms with van der Waals surface area (Å²) in [6.45, 7) is 4.16. The van der Waals surface area contributed by atoms with Crippen molar-refractivity contribution < 1.29 is 40.2 Å². The molecule has 0 saturated carbocycles. The topological polar surface area (TPSA) is 110 Å². The first-order chi connectivity index (χ1) is 18.2. The summed E-state index contributed by atoms with van der Waals surface area (Å²) in [5.41, 5.74) is 1.13. The van der Waals surface area contributed by atoms with Crippen LogP contribution in [0.1, 0.15) is 25.1 Å². The molecule has 0 saturated heterocycles. The third-order valence-corrected chi connectivity index (χ3v) is 7.31. The van der Waals surface area contributed by atoms with Gasteiger partial charge >= 0.3 is 12.4 Å². The summed E-state index contributed by atoms with van der Waals surface area (Å²) in [4.78, 5) is 19.1. The number of alkyl halides is 3. The Balaban J connectivity index is 1.48. The molecule has 4 rings (SSSR count). The lowest BCUT2D eigenvalue weighted by Crippen LogP contribution is -2.41. The number of benzene rings is 2. The molecule has 1 aromatic heterocycles.